The lowest BCUT2D eigenvalue weighted by atomic mass is 9.76. The molecule has 4 heterocycles. The summed E-state index contributed by atoms with van der Waals surface area (Å²) in [4.78, 5) is 29.9. The van der Waals surface area contributed by atoms with Gasteiger partial charge >= 0.3 is 0 Å². The molecular weight excluding hydrogens is 450 g/mol. The smallest absolute Gasteiger partial charge is 0.230 e. The van der Waals surface area contributed by atoms with Crippen molar-refractivity contribution in [2.45, 2.75) is 56.5 Å². The van der Waals surface area contributed by atoms with Gasteiger partial charge in [0.1, 0.15) is 11.9 Å². The van der Waals surface area contributed by atoms with E-state index in [1.165, 1.54) is 0 Å². The Hall–Kier alpha value is -3.01. The van der Waals surface area contributed by atoms with Crippen molar-refractivity contribution < 1.29 is 28.9 Å². The molecule has 2 fully saturated rings. The molecule has 2 saturated heterocycles. The largest absolute Gasteiger partial charge is 0.490 e. The van der Waals surface area contributed by atoms with Gasteiger partial charge in [0.05, 0.1) is 44.4 Å². The SMILES string of the molecule is O=C(C[C@H]1C[C@H]2c3cc(ccc3OC3CCOCC3)NC(=O)[C@H]2[C@@H](CO)O1)NCc1cccnc1. The Labute approximate surface area is 204 Å². The van der Waals surface area contributed by atoms with Crippen molar-refractivity contribution in [3.8, 4) is 5.75 Å². The zero-order valence-corrected chi connectivity index (χ0v) is 19.5. The van der Waals surface area contributed by atoms with Gasteiger partial charge in [-0.2, -0.15) is 0 Å². The molecule has 186 valence electrons. The van der Waals surface area contributed by atoms with E-state index in [0.29, 0.717) is 31.9 Å². The van der Waals surface area contributed by atoms with Gasteiger partial charge in [0.2, 0.25) is 11.8 Å². The standard InChI is InChI=1S/C26H31N3O6/c30-15-23-25-21(11-19(35-23)12-24(31)28-14-16-2-1-7-27-13-16)20-10-17(29-26(25)32)3-4-22(20)34-18-5-8-33-9-6-18/h1-4,7,10,13,18-19,21,23,25,30H,5-6,8-9,11-12,14-15H2,(H,28,31)(H,29,32)/t19-,21+,23-,25-/m1/s1. The number of benzene rings is 1. The monoisotopic (exact) mass is 481 g/mol. The maximum Gasteiger partial charge on any atom is 0.230 e. The molecule has 3 aliphatic rings. The molecule has 0 saturated carbocycles. The van der Waals surface area contributed by atoms with Gasteiger partial charge in [0.25, 0.3) is 0 Å². The van der Waals surface area contributed by atoms with Gasteiger partial charge in [-0.3, -0.25) is 14.6 Å². The molecule has 2 bridgehead atoms. The average Bonchev–Trinajstić information content (AvgIpc) is 2.99. The van der Waals surface area contributed by atoms with Crippen LogP contribution >= 0.6 is 0 Å². The van der Waals surface area contributed by atoms with E-state index in [1.54, 1.807) is 12.4 Å². The quantitative estimate of drug-likeness (QED) is 0.554. The number of ether oxygens (including phenoxy) is 3. The number of amides is 2. The fourth-order valence-corrected chi connectivity index (χ4v) is 5.24. The topological polar surface area (TPSA) is 119 Å². The number of nitrogens with zero attached hydrogens (tertiary/aromatic N) is 1. The van der Waals surface area contributed by atoms with E-state index < -0.39 is 18.1 Å². The van der Waals surface area contributed by atoms with E-state index in [1.807, 2.05) is 30.3 Å². The summed E-state index contributed by atoms with van der Waals surface area (Å²) in [5.74, 6) is -0.419. The molecule has 3 aliphatic heterocycles. The van der Waals surface area contributed by atoms with Gasteiger partial charge in [0, 0.05) is 48.9 Å². The third-order valence-corrected chi connectivity index (χ3v) is 6.97. The van der Waals surface area contributed by atoms with Crippen molar-refractivity contribution in [3.05, 3.63) is 53.9 Å². The minimum absolute atomic E-state index is 0.0544. The Balaban J connectivity index is 1.33. The molecule has 0 radical (unpaired) electrons. The first-order valence-corrected chi connectivity index (χ1v) is 12.2. The molecule has 9 heteroatoms. The summed E-state index contributed by atoms with van der Waals surface area (Å²) in [7, 11) is 0. The highest BCUT2D eigenvalue weighted by molar-refractivity contribution is 5.95. The summed E-state index contributed by atoms with van der Waals surface area (Å²) in [5, 5.41) is 16.0. The maximum absolute atomic E-state index is 13.1. The van der Waals surface area contributed by atoms with Gasteiger partial charge in [0.15, 0.2) is 0 Å². The number of hydrogen-bond acceptors (Lipinski definition) is 7. The van der Waals surface area contributed by atoms with Gasteiger partial charge in [-0.25, -0.2) is 0 Å². The Kier molecular flexibility index (Phi) is 7.26. The first kappa shape index (κ1) is 23.7. The Morgan fingerprint density at radius 1 is 1.26 bits per heavy atom. The second kappa shape index (κ2) is 10.7. The molecule has 0 unspecified atom stereocenters. The maximum atomic E-state index is 13.1. The van der Waals surface area contributed by atoms with Crippen molar-refractivity contribution in [2.75, 3.05) is 25.1 Å². The Bertz CT molecular complexity index is 1040. The molecule has 9 nitrogen and oxygen atoms in total. The number of rotatable bonds is 7. The van der Waals surface area contributed by atoms with Crippen LogP contribution in [-0.2, 0) is 25.6 Å². The van der Waals surface area contributed by atoms with Crippen LogP contribution in [0.2, 0.25) is 0 Å². The number of pyridine rings is 1. The zero-order valence-electron chi connectivity index (χ0n) is 19.5. The Morgan fingerprint density at radius 3 is 2.89 bits per heavy atom. The summed E-state index contributed by atoms with van der Waals surface area (Å²) in [5.41, 5.74) is 2.52. The van der Waals surface area contributed by atoms with Crippen LogP contribution in [0.4, 0.5) is 5.69 Å². The minimum Gasteiger partial charge on any atom is -0.490 e. The fourth-order valence-electron chi connectivity index (χ4n) is 5.24. The number of anilines is 1. The van der Waals surface area contributed by atoms with E-state index >= 15 is 0 Å². The summed E-state index contributed by atoms with van der Waals surface area (Å²) in [6.45, 7) is 1.40. The number of hydrogen-bond donors (Lipinski definition) is 3. The number of aliphatic hydroxyl groups excluding tert-OH is 1. The van der Waals surface area contributed by atoms with Crippen LogP contribution in [0.1, 0.15) is 42.7 Å². The molecule has 5 rings (SSSR count). The summed E-state index contributed by atoms with van der Waals surface area (Å²) in [6, 6.07) is 9.42. The van der Waals surface area contributed by atoms with E-state index in [9.17, 15) is 14.7 Å². The van der Waals surface area contributed by atoms with E-state index in [-0.39, 0.29) is 36.9 Å². The third-order valence-electron chi connectivity index (χ3n) is 6.97. The summed E-state index contributed by atoms with van der Waals surface area (Å²) >= 11 is 0. The highest BCUT2D eigenvalue weighted by atomic mass is 16.5. The average molecular weight is 482 g/mol. The molecule has 0 spiro atoms. The molecule has 2 aromatic rings. The van der Waals surface area contributed by atoms with Crippen LogP contribution in [0, 0.1) is 5.92 Å². The molecular formula is C26H31N3O6. The van der Waals surface area contributed by atoms with Crippen LogP contribution in [0.25, 0.3) is 0 Å². The normalized spacial score (nSPS) is 26.3. The predicted molar refractivity (Wildman–Crippen MR) is 127 cm³/mol. The Morgan fingerprint density at radius 2 is 2.11 bits per heavy atom. The molecule has 4 atom stereocenters. The van der Waals surface area contributed by atoms with Crippen LogP contribution in [-0.4, -0.2) is 60.0 Å². The second-order valence-electron chi connectivity index (χ2n) is 9.36. The van der Waals surface area contributed by atoms with Crippen molar-refractivity contribution in [1.82, 2.24) is 10.3 Å². The first-order chi connectivity index (χ1) is 17.1. The molecule has 0 aliphatic carbocycles. The molecule has 1 aromatic heterocycles. The molecule has 3 N–H and O–H groups in total. The third kappa shape index (κ3) is 5.47. The van der Waals surface area contributed by atoms with Crippen molar-refractivity contribution in [2.24, 2.45) is 5.92 Å². The first-order valence-electron chi connectivity index (χ1n) is 12.2. The van der Waals surface area contributed by atoms with Crippen molar-refractivity contribution in [3.63, 3.8) is 0 Å². The predicted octanol–water partition coefficient (Wildman–Crippen LogP) is 2.15. The summed E-state index contributed by atoms with van der Waals surface area (Å²) in [6.07, 6.45) is 4.54. The molecule has 1 aromatic carbocycles. The van der Waals surface area contributed by atoms with Gasteiger partial charge in [-0.15, -0.1) is 0 Å². The van der Waals surface area contributed by atoms with E-state index in [0.717, 1.165) is 29.7 Å². The number of carbonyl (C=O) groups is 2. The van der Waals surface area contributed by atoms with Crippen LogP contribution < -0.4 is 15.4 Å². The minimum atomic E-state index is -0.713. The fraction of sp³-hybridized carbons (Fsp3) is 0.500. The highest BCUT2D eigenvalue weighted by Crippen LogP contribution is 2.46. The number of aliphatic hydroxyl groups is 1. The number of nitrogens with one attached hydrogen (secondary N) is 2. The zero-order chi connectivity index (χ0) is 24.2. The molecule has 35 heavy (non-hydrogen) atoms. The second-order valence-corrected chi connectivity index (χ2v) is 9.36. The highest BCUT2D eigenvalue weighted by Gasteiger charge is 2.46. The van der Waals surface area contributed by atoms with Crippen molar-refractivity contribution in [1.29, 1.82) is 0 Å². The van der Waals surface area contributed by atoms with Gasteiger partial charge in [-0.05, 0) is 36.2 Å². The lowest BCUT2D eigenvalue weighted by molar-refractivity contribution is -0.148. The molecule has 2 amide bonds. The number of fused-ring (bicyclic) bond motifs is 4. The summed E-state index contributed by atoms with van der Waals surface area (Å²) < 4.78 is 17.9. The number of aromatic nitrogens is 1. The van der Waals surface area contributed by atoms with Crippen LogP contribution in [0.15, 0.2) is 42.7 Å². The van der Waals surface area contributed by atoms with Crippen LogP contribution in [0.5, 0.6) is 5.75 Å². The lowest BCUT2D eigenvalue weighted by Gasteiger charge is -2.40. The van der Waals surface area contributed by atoms with E-state index in [4.69, 9.17) is 14.2 Å². The number of carbonyl (C=O) groups excluding carboxylic acids is 2. The van der Waals surface area contributed by atoms with Crippen LogP contribution in [0.3, 0.4) is 0 Å². The lowest BCUT2D eigenvalue weighted by Crippen LogP contribution is -2.48. The van der Waals surface area contributed by atoms with Gasteiger partial charge in [-0.1, -0.05) is 6.07 Å². The van der Waals surface area contributed by atoms with Gasteiger partial charge < -0.3 is 30.0 Å². The van der Waals surface area contributed by atoms with E-state index in [2.05, 4.69) is 15.6 Å². The van der Waals surface area contributed by atoms with Crippen molar-refractivity contribution >= 4 is 17.5 Å².